The molecule has 6 nitrogen and oxygen atoms in total. The first-order valence-electron chi connectivity index (χ1n) is 8.87. The van der Waals surface area contributed by atoms with Gasteiger partial charge >= 0.3 is 0 Å². The number of aliphatic hydroxyl groups is 1. The molecule has 2 heterocycles. The molecule has 0 spiro atoms. The molecule has 1 aromatic carbocycles. The number of pyridine rings is 1. The van der Waals surface area contributed by atoms with E-state index < -0.39 is 17.7 Å². The Labute approximate surface area is 158 Å². The maximum Gasteiger partial charge on any atom is 0.290 e. The van der Waals surface area contributed by atoms with Gasteiger partial charge in [0.15, 0.2) is 11.5 Å². The number of rotatable bonds is 6. The highest BCUT2D eigenvalue weighted by molar-refractivity contribution is 6.08. The molecular weight excluding hydrogens is 342 g/mol. The van der Waals surface area contributed by atoms with Crippen LogP contribution in [0.1, 0.15) is 30.5 Å². The Morgan fingerprint density at radius 2 is 1.78 bits per heavy atom. The monoisotopic (exact) mass is 365 g/mol. The van der Waals surface area contributed by atoms with E-state index in [0.717, 1.165) is 16.8 Å². The second-order valence-corrected chi connectivity index (χ2v) is 6.72. The third kappa shape index (κ3) is 3.56. The summed E-state index contributed by atoms with van der Waals surface area (Å²) in [5, 5.41) is 10.4. The average molecular weight is 365 g/mol. The number of carbonyl (C=O) groups excluding carboxylic acids is 2. The number of nitrogens with zero attached hydrogens (tertiary/aromatic N) is 3. The van der Waals surface area contributed by atoms with Crippen molar-refractivity contribution in [3.05, 3.63) is 71.3 Å². The number of hydrogen-bond acceptors (Lipinski definition) is 5. The van der Waals surface area contributed by atoms with Crippen LogP contribution in [0.25, 0.3) is 0 Å². The summed E-state index contributed by atoms with van der Waals surface area (Å²) in [6.45, 7) is 2.01. The van der Waals surface area contributed by atoms with Gasteiger partial charge in [-0.15, -0.1) is 0 Å². The van der Waals surface area contributed by atoms with E-state index in [-0.39, 0.29) is 24.3 Å². The van der Waals surface area contributed by atoms with Gasteiger partial charge in [0.25, 0.3) is 5.91 Å². The summed E-state index contributed by atoms with van der Waals surface area (Å²) in [5.74, 6) is -1.19. The molecule has 140 valence electrons. The van der Waals surface area contributed by atoms with Crippen molar-refractivity contribution in [2.75, 3.05) is 19.0 Å². The quantitative estimate of drug-likeness (QED) is 0.852. The number of anilines is 1. The van der Waals surface area contributed by atoms with E-state index in [9.17, 15) is 14.7 Å². The van der Waals surface area contributed by atoms with Crippen LogP contribution in [0.2, 0.25) is 0 Å². The van der Waals surface area contributed by atoms with Crippen LogP contribution in [0.3, 0.4) is 0 Å². The minimum absolute atomic E-state index is 0.175. The summed E-state index contributed by atoms with van der Waals surface area (Å²) in [7, 11) is 3.89. The van der Waals surface area contributed by atoms with Gasteiger partial charge in [0.1, 0.15) is 0 Å². The zero-order chi connectivity index (χ0) is 19.6. The lowest BCUT2D eigenvalue weighted by Crippen LogP contribution is -2.30. The first-order valence-corrected chi connectivity index (χ1v) is 8.87. The Morgan fingerprint density at radius 3 is 2.33 bits per heavy atom. The van der Waals surface area contributed by atoms with Gasteiger partial charge in [0.2, 0.25) is 0 Å². The lowest BCUT2D eigenvalue weighted by Gasteiger charge is -2.27. The lowest BCUT2D eigenvalue weighted by atomic mass is 9.94. The molecule has 0 bridgehead atoms. The van der Waals surface area contributed by atoms with E-state index in [2.05, 4.69) is 4.98 Å². The van der Waals surface area contributed by atoms with Gasteiger partial charge in [-0.05, 0) is 35.4 Å². The number of benzene rings is 1. The summed E-state index contributed by atoms with van der Waals surface area (Å²) in [4.78, 5) is 32.8. The minimum atomic E-state index is -0.602. The largest absolute Gasteiger partial charge is 0.503 e. The zero-order valence-electron chi connectivity index (χ0n) is 15.7. The van der Waals surface area contributed by atoms with Crippen molar-refractivity contribution in [2.24, 2.45) is 0 Å². The molecule has 1 unspecified atom stereocenters. The minimum Gasteiger partial charge on any atom is -0.503 e. The Balaban J connectivity index is 2.04. The average Bonchev–Trinajstić information content (AvgIpc) is 2.93. The number of Topliss-reactive ketones (excluding diaryl/α,β-unsaturated/α-hetero) is 1. The van der Waals surface area contributed by atoms with Gasteiger partial charge in [-0.25, -0.2) is 0 Å². The molecule has 1 atom stereocenters. The van der Waals surface area contributed by atoms with Crippen molar-refractivity contribution in [1.82, 2.24) is 9.88 Å². The normalized spacial score (nSPS) is 16.8. The van der Waals surface area contributed by atoms with E-state index in [4.69, 9.17) is 0 Å². The van der Waals surface area contributed by atoms with E-state index in [1.165, 1.54) is 4.90 Å². The highest BCUT2D eigenvalue weighted by Crippen LogP contribution is 2.39. The maximum atomic E-state index is 12.7. The molecular formula is C21H23N3O3. The fraction of sp³-hybridized carbons (Fsp3) is 0.286. The highest BCUT2D eigenvalue weighted by Gasteiger charge is 2.42. The van der Waals surface area contributed by atoms with Gasteiger partial charge in [-0.3, -0.25) is 14.6 Å². The number of hydrogen-bond donors (Lipinski definition) is 1. The Bertz CT molecular complexity index is 873. The molecule has 1 N–H and O–H groups in total. The fourth-order valence-corrected chi connectivity index (χ4v) is 3.28. The number of carbonyl (C=O) groups is 2. The van der Waals surface area contributed by atoms with Crippen LogP contribution in [0, 0.1) is 0 Å². The molecule has 3 rings (SSSR count). The molecule has 0 aliphatic carbocycles. The summed E-state index contributed by atoms with van der Waals surface area (Å²) in [6.07, 6.45) is 3.53. The van der Waals surface area contributed by atoms with Crippen molar-refractivity contribution in [3.63, 3.8) is 0 Å². The fourth-order valence-electron chi connectivity index (χ4n) is 3.28. The number of aliphatic hydroxyl groups excluding tert-OH is 1. The lowest BCUT2D eigenvalue weighted by molar-refractivity contribution is -0.130. The zero-order valence-corrected chi connectivity index (χ0v) is 15.7. The smallest absolute Gasteiger partial charge is 0.290 e. The molecule has 1 amide bonds. The molecule has 0 saturated carbocycles. The van der Waals surface area contributed by atoms with E-state index in [1.54, 1.807) is 19.3 Å². The molecule has 6 heteroatoms. The van der Waals surface area contributed by atoms with Crippen LogP contribution < -0.4 is 4.90 Å². The number of amides is 1. The van der Waals surface area contributed by atoms with Crippen molar-refractivity contribution in [1.29, 1.82) is 0 Å². The summed E-state index contributed by atoms with van der Waals surface area (Å²) in [5.41, 5.74) is 2.87. The Kier molecular flexibility index (Phi) is 5.26. The molecule has 0 saturated heterocycles. The molecule has 1 aromatic heterocycles. The van der Waals surface area contributed by atoms with E-state index in [0.29, 0.717) is 0 Å². The summed E-state index contributed by atoms with van der Waals surface area (Å²) < 4.78 is 0. The second kappa shape index (κ2) is 7.61. The maximum absolute atomic E-state index is 12.7. The predicted molar refractivity (Wildman–Crippen MR) is 103 cm³/mol. The summed E-state index contributed by atoms with van der Waals surface area (Å²) in [6, 6.07) is 10.7. The van der Waals surface area contributed by atoms with Gasteiger partial charge in [0.05, 0.1) is 11.6 Å². The van der Waals surface area contributed by atoms with Crippen molar-refractivity contribution >= 4 is 17.4 Å². The van der Waals surface area contributed by atoms with Crippen LogP contribution in [-0.4, -0.2) is 40.8 Å². The topological polar surface area (TPSA) is 73.7 Å². The van der Waals surface area contributed by atoms with Gasteiger partial charge < -0.3 is 14.9 Å². The van der Waals surface area contributed by atoms with E-state index >= 15 is 0 Å². The number of ketones is 1. The second-order valence-electron chi connectivity index (χ2n) is 6.72. The van der Waals surface area contributed by atoms with Crippen molar-refractivity contribution < 1.29 is 14.7 Å². The highest BCUT2D eigenvalue weighted by atomic mass is 16.3. The van der Waals surface area contributed by atoms with Gasteiger partial charge in [0, 0.05) is 45.1 Å². The first kappa shape index (κ1) is 18.6. The molecule has 2 aromatic rings. The van der Waals surface area contributed by atoms with Crippen LogP contribution in [0.15, 0.2) is 60.1 Å². The third-order valence-electron chi connectivity index (χ3n) is 4.75. The van der Waals surface area contributed by atoms with Gasteiger partial charge in [-0.1, -0.05) is 19.1 Å². The standard InChI is InChI=1S/C21H23N3O3/c1-4-17(25)18-19(15-5-7-16(8-6-15)23(2)3)24(21(27)20(18)26)13-14-9-11-22-12-10-14/h5-12,19,26H,4,13H2,1-3H3. The number of aromatic nitrogens is 1. The van der Waals surface area contributed by atoms with Crippen LogP contribution in [0.5, 0.6) is 0 Å². The third-order valence-corrected chi connectivity index (χ3v) is 4.75. The molecule has 0 radical (unpaired) electrons. The molecule has 1 aliphatic rings. The molecule has 27 heavy (non-hydrogen) atoms. The van der Waals surface area contributed by atoms with Crippen molar-refractivity contribution in [2.45, 2.75) is 25.9 Å². The Morgan fingerprint density at radius 1 is 1.15 bits per heavy atom. The molecule has 0 fully saturated rings. The molecule has 1 aliphatic heterocycles. The van der Waals surface area contributed by atoms with E-state index in [1.807, 2.05) is 55.4 Å². The SMILES string of the molecule is CCC(=O)C1=C(O)C(=O)N(Cc2ccncc2)C1c1ccc(N(C)C)cc1. The predicted octanol–water partition coefficient (Wildman–Crippen LogP) is 3.02. The Hall–Kier alpha value is -3.15. The van der Waals surface area contributed by atoms with Crippen molar-refractivity contribution in [3.8, 4) is 0 Å². The summed E-state index contributed by atoms with van der Waals surface area (Å²) >= 11 is 0. The van der Waals surface area contributed by atoms with Crippen LogP contribution in [0.4, 0.5) is 5.69 Å². The van der Waals surface area contributed by atoms with Crippen LogP contribution in [-0.2, 0) is 16.1 Å². The first-order chi connectivity index (χ1) is 12.9. The van der Waals surface area contributed by atoms with Gasteiger partial charge in [-0.2, -0.15) is 0 Å². The van der Waals surface area contributed by atoms with Crippen LogP contribution >= 0.6 is 0 Å².